The smallest absolute Gasteiger partial charge is 0.334 e. The number of carbonyl (C=O) groups excluding carboxylic acids is 2. The van der Waals surface area contributed by atoms with E-state index in [0.29, 0.717) is 40.4 Å². The molecule has 2 N–H and O–H groups in total. The summed E-state index contributed by atoms with van der Waals surface area (Å²) in [6.07, 6.45) is 9.85. The molecule has 7 rings (SSSR count). The predicted octanol–water partition coefficient (Wildman–Crippen LogP) is 6.85. The number of epoxide rings is 1. The fourth-order valence-corrected chi connectivity index (χ4v) is 7.23. The van der Waals surface area contributed by atoms with E-state index >= 15 is 0 Å². The molecule has 2 aromatic carbocycles. The molecule has 2 fully saturated rings. The van der Waals surface area contributed by atoms with Crippen molar-refractivity contribution >= 4 is 17.8 Å². The van der Waals surface area contributed by atoms with Gasteiger partial charge in [-0.25, -0.2) is 4.79 Å². The number of ketones is 1. The highest BCUT2D eigenvalue weighted by molar-refractivity contribution is 6.01. The summed E-state index contributed by atoms with van der Waals surface area (Å²) in [6.45, 7) is 15.7. The van der Waals surface area contributed by atoms with E-state index in [4.69, 9.17) is 23.7 Å². The number of Topliss-reactive ketones (excluding diaryl/α,β-unsaturated/α-hetero) is 1. The zero-order chi connectivity index (χ0) is 35.5. The number of rotatable bonds is 4. The number of phenolic OH excluding ortho intramolecular Hbond substituents is 1. The third kappa shape index (κ3) is 6.88. The highest BCUT2D eigenvalue weighted by Gasteiger charge is 2.61. The van der Waals surface area contributed by atoms with Crippen LogP contribution in [-0.2, 0) is 27.1 Å². The Morgan fingerprint density at radius 1 is 1.10 bits per heavy atom. The van der Waals surface area contributed by atoms with Crippen LogP contribution < -0.4 is 14.2 Å². The first-order valence-corrected chi connectivity index (χ1v) is 17.1. The molecule has 9 nitrogen and oxygen atoms in total. The van der Waals surface area contributed by atoms with Gasteiger partial charge >= 0.3 is 5.97 Å². The van der Waals surface area contributed by atoms with Gasteiger partial charge in [0, 0.05) is 36.0 Å². The van der Waals surface area contributed by atoms with Gasteiger partial charge in [-0.1, -0.05) is 24.3 Å². The van der Waals surface area contributed by atoms with Gasteiger partial charge in [0.15, 0.2) is 5.78 Å². The Morgan fingerprint density at radius 2 is 1.86 bits per heavy atom. The van der Waals surface area contributed by atoms with Gasteiger partial charge in [-0.2, -0.15) is 0 Å². The molecule has 49 heavy (non-hydrogen) atoms. The largest absolute Gasteiger partial charge is 0.507 e. The lowest BCUT2D eigenvalue weighted by molar-refractivity contribution is -0.140. The van der Waals surface area contributed by atoms with Crippen molar-refractivity contribution < 1.29 is 43.5 Å². The van der Waals surface area contributed by atoms with E-state index in [1.807, 2.05) is 38.1 Å². The van der Waals surface area contributed by atoms with Crippen LogP contribution >= 0.6 is 0 Å². The number of carbonyl (C=O) groups is 2. The maximum absolute atomic E-state index is 13.1. The summed E-state index contributed by atoms with van der Waals surface area (Å²) in [6, 6.07) is 6.72. The molecule has 5 atom stereocenters. The molecule has 0 saturated carbocycles. The van der Waals surface area contributed by atoms with Crippen molar-refractivity contribution in [3.63, 3.8) is 0 Å². The van der Waals surface area contributed by atoms with Gasteiger partial charge < -0.3 is 33.9 Å². The summed E-state index contributed by atoms with van der Waals surface area (Å²) < 4.78 is 28.7. The zero-order valence-electron chi connectivity index (χ0n) is 29.6. The molecular formula is C40H48O9. The summed E-state index contributed by atoms with van der Waals surface area (Å²) >= 11 is 0. The van der Waals surface area contributed by atoms with Crippen LogP contribution in [0.1, 0.15) is 94.3 Å². The molecular weight excluding hydrogens is 624 g/mol. The van der Waals surface area contributed by atoms with E-state index in [0.717, 1.165) is 31.2 Å². The third-order valence-electron chi connectivity index (χ3n) is 10.5. The van der Waals surface area contributed by atoms with Crippen molar-refractivity contribution in [3.8, 4) is 23.0 Å². The molecule has 5 unspecified atom stereocenters. The van der Waals surface area contributed by atoms with Crippen LogP contribution in [0.25, 0.3) is 6.08 Å². The second-order valence-corrected chi connectivity index (χ2v) is 15.2. The number of aliphatic hydroxyl groups excluding tert-OH is 1. The number of ether oxygens (including phenoxy) is 5. The number of fused-ring (bicyclic) bond motifs is 5. The quantitative estimate of drug-likeness (QED) is 0.118. The molecule has 2 saturated heterocycles. The zero-order valence-corrected chi connectivity index (χ0v) is 29.6. The van der Waals surface area contributed by atoms with Gasteiger partial charge in [0.05, 0.1) is 29.9 Å². The van der Waals surface area contributed by atoms with Crippen molar-refractivity contribution in [3.05, 3.63) is 76.4 Å². The molecule has 1 aliphatic carbocycles. The van der Waals surface area contributed by atoms with E-state index in [1.54, 1.807) is 27.0 Å². The van der Waals surface area contributed by atoms with Crippen LogP contribution in [0.5, 0.6) is 23.0 Å². The van der Waals surface area contributed by atoms with Crippen molar-refractivity contribution in [2.75, 3.05) is 7.11 Å². The molecule has 0 bridgehead atoms. The van der Waals surface area contributed by atoms with Gasteiger partial charge in [0.1, 0.15) is 46.4 Å². The average Bonchev–Trinajstić information content (AvgIpc) is 3.61. The molecule has 0 spiro atoms. The lowest BCUT2D eigenvalue weighted by Crippen LogP contribution is -2.46. The molecule has 0 radical (unpaired) electrons. The van der Waals surface area contributed by atoms with Crippen LogP contribution in [0.4, 0.5) is 0 Å². The molecule has 0 amide bonds. The second kappa shape index (κ2) is 12.7. The summed E-state index contributed by atoms with van der Waals surface area (Å²) in [5.74, 6) is 1.27. The van der Waals surface area contributed by atoms with Gasteiger partial charge in [0.25, 0.3) is 0 Å². The topological polar surface area (TPSA) is 124 Å². The molecule has 4 aliphatic heterocycles. The summed E-state index contributed by atoms with van der Waals surface area (Å²) in [4.78, 5) is 24.8. The highest BCUT2D eigenvalue weighted by Crippen LogP contribution is 2.50. The van der Waals surface area contributed by atoms with Crippen LogP contribution in [0.3, 0.4) is 0 Å². The highest BCUT2D eigenvalue weighted by atomic mass is 16.6. The number of esters is 1. The number of aromatic hydroxyl groups is 1. The molecule has 4 heterocycles. The molecule has 0 aromatic heterocycles. The minimum atomic E-state index is -0.758. The van der Waals surface area contributed by atoms with Crippen molar-refractivity contribution in [1.82, 2.24) is 0 Å². The fourth-order valence-electron chi connectivity index (χ4n) is 7.23. The van der Waals surface area contributed by atoms with E-state index in [1.165, 1.54) is 11.6 Å². The Labute approximate surface area is 288 Å². The number of allylic oxidation sites excluding steroid dienone is 2. The number of hydrogen-bond acceptors (Lipinski definition) is 9. The number of benzene rings is 2. The van der Waals surface area contributed by atoms with Crippen molar-refractivity contribution in [2.45, 2.75) is 115 Å². The summed E-state index contributed by atoms with van der Waals surface area (Å²) in [5.41, 5.74) is 3.13. The van der Waals surface area contributed by atoms with E-state index in [-0.39, 0.29) is 53.2 Å². The molecule has 5 aliphatic rings. The normalized spacial score (nSPS) is 28.8. The lowest BCUT2D eigenvalue weighted by atomic mass is 9.84. The fraction of sp³-hybridized carbons (Fsp3) is 0.500. The molecule has 2 aromatic rings. The number of aliphatic hydroxyl groups is 1. The minimum Gasteiger partial charge on any atom is -0.507 e. The van der Waals surface area contributed by atoms with Crippen molar-refractivity contribution in [2.24, 2.45) is 5.92 Å². The first-order valence-electron chi connectivity index (χ1n) is 17.1. The second-order valence-electron chi connectivity index (χ2n) is 15.2. The maximum Gasteiger partial charge on any atom is 0.334 e. The Morgan fingerprint density at radius 3 is 2.59 bits per heavy atom. The summed E-state index contributed by atoms with van der Waals surface area (Å²) in [5, 5.41) is 20.8. The Kier molecular flexibility index (Phi) is 8.99. The van der Waals surface area contributed by atoms with Gasteiger partial charge in [-0.3, -0.25) is 4.79 Å². The van der Waals surface area contributed by atoms with Crippen molar-refractivity contribution in [1.29, 1.82) is 0 Å². The standard InChI is InChI=1S/C25H28O6.C15H20O3/c1-24(2)9-8-16-20(30-24)7-6-14(23(16)29-5)11-18(26)17-10-15-12-22(28)25(3,4)31-21(15)13-19(17)27;1-9-5-4-8-15(3)13(18-15)12-11(7-6-9)10(2)14(16)17-12/h6-10,13,22,27-28H,11-12H2,1-5H3;5,11-13H,2,4,6-8H2,1,3H3. The number of hydrogen-bond donors (Lipinski definition) is 2. The van der Waals surface area contributed by atoms with E-state index in [2.05, 4.69) is 26.5 Å². The number of phenols is 1. The predicted molar refractivity (Wildman–Crippen MR) is 185 cm³/mol. The average molecular weight is 673 g/mol. The van der Waals surface area contributed by atoms with E-state index in [9.17, 15) is 19.8 Å². The maximum atomic E-state index is 13.1. The molecule has 262 valence electrons. The van der Waals surface area contributed by atoms with Gasteiger partial charge in [0.2, 0.25) is 0 Å². The SMILES string of the molecule is C=C1C(=O)OC2C1CCC(C)=CCCC1(C)OC21.COc1c(CC(=O)c2cc3c(cc2O)OC(C)(C)C(O)C3)ccc2c1C=CC(C)(C)O2. The Balaban J connectivity index is 0.000000195. The van der Waals surface area contributed by atoms with Crippen LogP contribution in [-0.4, -0.2) is 64.2 Å². The third-order valence-corrected chi connectivity index (χ3v) is 10.5. The van der Waals surface area contributed by atoms with Crippen LogP contribution in [0.15, 0.2) is 54.1 Å². The van der Waals surface area contributed by atoms with Crippen LogP contribution in [0, 0.1) is 5.92 Å². The van der Waals surface area contributed by atoms with Crippen LogP contribution in [0.2, 0.25) is 0 Å². The molecule has 9 heteroatoms. The Hall–Kier alpha value is -4.08. The van der Waals surface area contributed by atoms with Gasteiger partial charge in [-0.05, 0) is 97.1 Å². The first-order chi connectivity index (χ1) is 23.0. The van der Waals surface area contributed by atoms with E-state index < -0.39 is 17.3 Å². The Bertz CT molecular complexity index is 1750. The van der Waals surface area contributed by atoms with Gasteiger partial charge in [-0.15, -0.1) is 0 Å². The monoisotopic (exact) mass is 672 g/mol. The summed E-state index contributed by atoms with van der Waals surface area (Å²) in [7, 11) is 1.56. The first kappa shape index (κ1) is 34.8. The lowest BCUT2D eigenvalue weighted by Gasteiger charge is -2.37. The minimum absolute atomic E-state index is 0.0505. The number of methoxy groups -OCH3 is 1.